The third kappa shape index (κ3) is 7.55. The Bertz CT molecular complexity index is 1550. The van der Waals surface area contributed by atoms with Gasteiger partial charge < -0.3 is 14.2 Å². The number of carbonyl (C=O) groups excluding carboxylic acids is 1. The van der Waals surface area contributed by atoms with E-state index in [4.69, 9.17) is 24.2 Å². The molecular weight excluding hydrogens is 526 g/mol. The molecule has 204 valence electrons. The molecule has 7 nitrogen and oxygen atoms in total. The van der Waals surface area contributed by atoms with Crippen molar-refractivity contribution in [2.75, 3.05) is 13.2 Å². The van der Waals surface area contributed by atoms with Crippen molar-refractivity contribution in [2.45, 2.75) is 26.4 Å². The highest BCUT2D eigenvalue weighted by atomic mass is 35.5. The van der Waals surface area contributed by atoms with Gasteiger partial charge in [-0.15, -0.1) is 12.4 Å². The van der Waals surface area contributed by atoms with Crippen LogP contribution in [-0.2, 0) is 16.1 Å². The first-order chi connectivity index (χ1) is 19.2. The Morgan fingerprint density at radius 1 is 0.800 bits per heavy atom. The zero-order chi connectivity index (χ0) is 26.9. The van der Waals surface area contributed by atoms with Crippen molar-refractivity contribution in [2.24, 2.45) is 0 Å². The van der Waals surface area contributed by atoms with Gasteiger partial charge in [0.2, 0.25) is 5.88 Å². The highest BCUT2D eigenvalue weighted by Crippen LogP contribution is 2.29. The summed E-state index contributed by atoms with van der Waals surface area (Å²) in [6, 6.07) is 27.7. The van der Waals surface area contributed by atoms with Crippen molar-refractivity contribution in [1.82, 2.24) is 15.0 Å². The second kappa shape index (κ2) is 14.1. The highest BCUT2D eigenvalue weighted by molar-refractivity contribution is 5.87. The van der Waals surface area contributed by atoms with E-state index in [0.717, 1.165) is 38.9 Å². The summed E-state index contributed by atoms with van der Waals surface area (Å²) >= 11 is 0. The van der Waals surface area contributed by atoms with Crippen molar-refractivity contribution < 1.29 is 19.0 Å². The summed E-state index contributed by atoms with van der Waals surface area (Å²) in [5.41, 5.74) is 3.67. The maximum Gasteiger partial charge on any atom is 0.305 e. The molecule has 0 bridgehead atoms. The number of nitrogens with zero attached hydrogens (tertiary/aromatic N) is 3. The van der Waals surface area contributed by atoms with Gasteiger partial charge in [0.15, 0.2) is 5.82 Å². The number of esters is 1. The highest BCUT2D eigenvalue weighted by Gasteiger charge is 2.11. The monoisotopic (exact) mass is 555 g/mol. The zero-order valence-corrected chi connectivity index (χ0v) is 23.0. The van der Waals surface area contributed by atoms with Gasteiger partial charge in [-0.3, -0.25) is 9.78 Å². The molecular formula is C32H30ClN3O4. The molecule has 0 N–H and O–H groups in total. The van der Waals surface area contributed by atoms with Gasteiger partial charge in [0.1, 0.15) is 12.4 Å². The van der Waals surface area contributed by atoms with Gasteiger partial charge in [-0.25, -0.2) is 4.98 Å². The number of ether oxygens (including phenoxy) is 3. The summed E-state index contributed by atoms with van der Waals surface area (Å²) in [4.78, 5) is 25.2. The van der Waals surface area contributed by atoms with Crippen LogP contribution in [0.1, 0.15) is 25.3 Å². The number of pyridine rings is 1. The van der Waals surface area contributed by atoms with Crippen LogP contribution in [0.5, 0.6) is 11.6 Å². The molecule has 40 heavy (non-hydrogen) atoms. The van der Waals surface area contributed by atoms with E-state index in [-0.39, 0.29) is 18.4 Å². The lowest BCUT2D eigenvalue weighted by Gasteiger charge is -2.11. The Hall–Kier alpha value is -4.49. The van der Waals surface area contributed by atoms with E-state index in [1.807, 2.05) is 78.9 Å². The summed E-state index contributed by atoms with van der Waals surface area (Å²) in [6.45, 7) is 3.03. The topological polar surface area (TPSA) is 83.4 Å². The molecule has 0 amide bonds. The van der Waals surface area contributed by atoms with E-state index in [9.17, 15) is 4.79 Å². The molecule has 2 aromatic heterocycles. The van der Waals surface area contributed by atoms with Crippen molar-refractivity contribution in [3.8, 4) is 34.3 Å². The van der Waals surface area contributed by atoms with Crippen LogP contribution >= 0.6 is 12.4 Å². The molecule has 0 aliphatic heterocycles. The molecule has 0 saturated heterocycles. The maximum atomic E-state index is 11.5. The number of hydrogen-bond donors (Lipinski definition) is 0. The van der Waals surface area contributed by atoms with Crippen LogP contribution in [0.25, 0.3) is 33.4 Å². The second-order valence-electron chi connectivity index (χ2n) is 8.91. The molecule has 2 heterocycles. The summed E-state index contributed by atoms with van der Waals surface area (Å²) in [6.07, 6.45) is 4.45. The molecule has 0 saturated carbocycles. The minimum Gasteiger partial charge on any atom is -0.494 e. The van der Waals surface area contributed by atoms with E-state index >= 15 is 0 Å². The summed E-state index contributed by atoms with van der Waals surface area (Å²) < 4.78 is 16.9. The van der Waals surface area contributed by atoms with Crippen molar-refractivity contribution in [1.29, 1.82) is 0 Å². The Morgan fingerprint density at radius 3 is 2.38 bits per heavy atom. The molecule has 5 rings (SSSR count). The Labute approximate surface area is 239 Å². The predicted octanol–water partition coefficient (Wildman–Crippen LogP) is 7.08. The van der Waals surface area contributed by atoms with E-state index in [0.29, 0.717) is 44.4 Å². The lowest BCUT2D eigenvalue weighted by atomic mass is 10.1. The number of benzene rings is 3. The van der Waals surface area contributed by atoms with Gasteiger partial charge in [0, 0.05) is 36.0 Å². The van der Waals surface area contributed by atoms with Crippen LogP contribution in [0.15, 0.2) is 97.3 Å². The van der Waals surface area contributed by atoms with Gasteiger partial charge >= 0.3 is 5.97 Å². The molecule has 0 radical (unpaired) electrons. The van der Waals surface area contributed by atoms with Crippen molar-refractivity contribution >= 4 is 29.1 Å². The molecule has 0 unspecified atom stereocenters. The fourth-order valence-electron chi connectivity index (χ4n) is 4.11. The first kappa shape index (κ1) is 28.5. The summed E-state index contributed by atoms with van der Waals surface area (Å²) in [7, 11) is 0. The normalized spacial score (nSPS) is 10.5. The molecule has 0 atom stereocenters. The summed E-state index contributed by atoms with van der Waals surface area (Å²) in [5, 5.41) is 2.08. The van der Waals surface area contributed by atoms with Crippen LogP contribution in [0.3, 0.4) is 0 Å². The largest absolute Gasteiger partial charge is 0.494 e. The van der Waals surface area contributed by atoms with Gasteiger partial charge in [-0.2, -0.15) is 4.98 Å². The van der Waals surface area contributed by atoms with Crippen molar-refractivity contribution in [3.05, 3.63) is 103 Å². The number of carbonyl (C=O) groups is 1. The van der Waals surface area contributed by atoms with Crippen LogP contribution in [0.4, 0.5) is 0 Å². The third-order valence-electron chi connectivity index (χ3n) is 6.08. The molecule has 0 aliphatic rings. The minimum atomic E-state index is -0.198. The van der Waals surface area contributed by atoms with Gasteiger partial charge in [0.25, 0.3) is 0 Å². The molecule has 0 aliphatic carbocycles. The Kier molecular flexibility index (Phi) is 10.0. The van der Waals surface area contributed by atoms with E-state index in [2.05, 4.69) is 11.1 Å². The SMILES string of the molecule is CCOC(=O)CCCOc1ccc2cc(-c3nc(OCc4ccncc4)cc(-c4ccccc4)n3)ccc2c1.Cl. The fourth-order valence-corrected chi connectivity index (χ4v) is 4.11. The van der Waals surface area contributed by atoms with Gasteiger partial charge in [-0.1, -0.05) is 48.5 Å². The lowest BCUT2D eigenvalue weighted by Crippen LogP contribution is -2.06. The molecule has 0 fully saturated rings. The number of halogens is 1. The fraction of sp³-hybridized carbons (Fsp3) is 0.188. The summed E-state index contributed by atoms with van der Waals surface area (Å²) in [5.74, 6) is 1.65. The average Bonchev–Trinajstić information content (AvgIpc) is 2.99. The van der Waals surface area contributed by atoms with E-state index in [1.54, 1.807) is 19.3 Å². The number of hydrogen-bond acceptors (Lipinski definition) is 7. The standard InChI is InChI=1S/C32H29N3O4.ClH/c1-2-37-31(36)9-6-18-38-28-13-12-25-19-27(11-10-26(25)20-28)32-34-29(24-7-4-3-5-8-24)21-30(35-32)39-22-23-14-16-33-17-15-23;/h3-5,7-8,10-17,19-21H,2,6,9,18,22H2,1H3;1H. The van der Waals surface area contributed by atoms with Gasteiger partial charge in [-0.05, 0) is 60.0 Å². The number of rotatable bonds is 11. The minimum absolute atomic E-state index is 0. The predicted molar refractivity (Wildman–Crippen MR) is 158 cm³/mol. The third-order valence-corrected chi connectivity index (χ3v) is 6.08. The quantitative estimate of drug-likeness (QED) is 0.127. The average molecular weight is 556 g/mol. The lowest BCUT2D eigenvalue weighted by molar-refractivity contribution is -0.143. The van der Waals surface area contributed by atoms with Crippen LogP contribution < -0.4 is 9.47 Å². The molecule has 5 aromatic rings. The Morgan fingerprint density at radius 2 is 1.57 bits per heavy atom. The zero-order valence-electron chi connectivity index (χ0n) is 22.2. The smallest absolute Gasteiger partial charge is 0.305 e. The molecule has 8 heteroatoms. The van der Waals surface area contributed by atoms with Crippen LogP contribution in [-0.4, -0.2) is 34.1 Å². The Balaban J connectivity index is 0.00000370. The van der Waals surface area contributed by atoms with E-state index < -0.39 is 0 Å². The number of aromatic nitrogens is 3. The van der Waals surface area contributed by atoms with Gasteiger partial charge in [0.05, 0.1) is 18.9 Å². The number of fused-ring (bicyclic) bond motifs is 1. The van der Waals surface area contributed by atoms with Crippen molar-refractivity contribution in [3.63, 3.8) is 0 Å². The first-order valence-corrected chi connectivity index (χ1v) is 13.0. The molecule has 0 spiro atoms. The van der Waals surface area contributed by atoms with E-state index in [1.165, 1.54) is 0 Å². The van der Waals surface area contributed by atoms with Crippen LogP contribution in [0, 0.1) is 0 Å². The molecule has 3 aromatic carbocycles. The maximum absolute atomic E-state index is 11.5. The first-order valence-electron chi connectivity index (χ1n) is 13.0. The van der Waals surface area contributed by atoms with Crippen LogP contribution in [0.2, 0.25) is 0 Å². The second-order valence-corrected chi connectivity index (χ2v) is 8.91.